The Bertz CT molecular complexity index is 745. The Labute approximate surface area is 146 Å². The fourth-order valence-electron chi connectivity index (χ4n) is 3.04. The maximum absolute atomic E-state index is 14.0. The summed E-state index contributed by atoms with van der Waals surface area (Å²) in [6.07, 6.45) is 0. The number of carbonyl (C=O) groups is 1. The average Bonchev–Trinajstić information content (AvgIpc) is 2.54. The second kappa shape index (κ2) is 6.91. The minimum absolute atomic E-state index is 0.0196. The first kappa shape index (κ1) is 16.9. The van der Waals surface area contributed by atoms with Crippen LogP contribution in [0.5, 0.6) is 0 Å². The van der Waals surface area contributed by atoms with Crippen LogP contribution >= 0.6 is 11.6 Å². The van der Waals surface area contributed by atoms with Crippen molar-refractivity contribution in [3.63, 3.8) is 0 Å². The van der Waals surface area contributed by atoms with E-state index in [0.717, 1.165) is 11.3 Å². The quantitative estimate of drug-likeness (QED) is 0.838. The number of anilines is 1. The SMILES string of the molecule is Cc1cccc(N2CC(C)N(Cc3c(F)cccc3Cl)CC2=O)c1. The number of rotatable bonds is 3. The van der Waals surface area contributed by atoms with Crippen molar-refractivity contribution in [1.82, 2.24) is 4.90 Å². The summed E-state index contributed by atoms with van der Waals surface area (Å²) in [6, 6.07) is 12.7. The fourth-order valence-corrected chi connectivity index (χ4v) is 3.26. The Morgan fingerprint density at radius 2 is 2.00 bits per heavy atom. The zero-order valence-corrected chi connectivity index (χ0v) is 14.6. The highest BCUT2D eigenvalue weighted by molar-refractivity contribution is 6.31. The van der Waals surface area contributed by atoms with Crippen LogP contribution in [-0.2, 0) is 11.3 Å². The maximum Gasteiger partial charge on any atom is 0.241 e. The molecule has 3 nitrogen and oxygen atoms in total. The first-order valence-corrected chi connectivity index (χ1v) is 8.37. The second-order valence-electron chi connectivity index (χ2n) is 6.30. The smallest absolute Gasteiger partial charge is 0.241 e. The number of nitrogens with zero attached hydrogens (tertiary/aromatic N) is 2. The van der Waals surface area contributed by atoms with Gasteiger partial charge in [-0.25, -0.2) is 4.39 Å². The van der Waals surface area contributed by atoms with E-state index in [9.17, 15) is 9.18 Å². The number of hydrogen-bond donors (Lipinski definition) is 0. The molecule has 126 valence electrons. The molecule has 2 aromatic carbocycles. The van der Waals surface area contributed by atoms with Crippen LogP contribution in [0.4, 0.5) is 10.1 Å². The van der Waals surface area contributed by atoms with Crippen molar-refractivity contribution in [2.75, 3.05) is 18.0 Å². The molecule has 1 unspecified atom stereocenters. The number of halogens is 2. The molecule has 0 saturated carbocycles. The number of amides is 1. The lowest BCUT2D eigenvalue weighted by atomic mass is 10.1. The van der Waals surface area contributed by atoms with E-state index in [1.807, 2.05) is 43.0 Å². The molecule has 0 radical (unpaired) electrons. The van der Waals surface area contributed by atoms with Gasteiger partial charge in [0.2, 0.25) is 5.91 Å². The topological polar surface area (TPSA) is 23.6 Å². The third-order valence-corrected chi connectivity index (χ3v) is 4.80. The zero-order chi connectivity index (χ0) is 17.3. The Hall–Kier alpha value is -1.91. The van der Waals surface area contributed by atoms with Crippen LogP contribution in [0.15, 0.2) is 42.5 Å². The summed E-state index contributed by atoms with van der Waals surface area (Å²) >= 11 is 6.11. The lowest BCUT2D eigenvalue weighted by molar-refractivity contribution is -0.122. The molecular weight excluding hydrogens is 327 g/mol. The van der Waals surface area contributed by atoms with Gasteiger partial charge < -0.3 is 4.90 Å². The van der Waals surface area contributed by atoms with Crippen molar-refractivity contribution in [3.8, 4) is 0 Å². The highest BCUT2D eigenvalue weighted by Gasteiger charge is 2.31. The highest BCUT2D eigenvalue weighted by atomic mass is 35.5. The van der Waals surface area contributed by atoms with E-state index >= 15 is 0 Å². The number of carbonyl (C=O) groups excluding carboxylic acids is 1. The van der Waals surface area contributed by atoms with Crippen molar-refractivity contribution in [1.29, 1.82) is 0 Å². The van der Waals surface area contributed by atoms with Gasteiger partial charge in [0.15, 0.2) is 0 Å². The van der Waals surface area contributed by atoms with Crippen molar-refractivity contribution < 1.29 is 9.18 Å². The van der Waals surface area contributed by atoms with E-state index in [2.05, 4.69) is 0 Å². The Morgan fingerprint density at radius 3 is 2.71 bits per heavy atom. The van der Waals surface area contributed by atoms with Crippen LogP contribution in [0, 0.1) is 12.7 Å². The number of hydrogen-bond acceptors (Lipinski definition) is 2. The molecule has 2 aromatic rings. The van der Waals surface area contributed by atoms with Gasteiger partial charge >= 0.3 is 0 Å². The van der Waals surface area contributed by atoms with E-state index in [1.54, 1.807) is 17.0 Å². The molecule has 0 bridgehead atoms. The highest BCUT2D eigenvalue weighted by Crippen LogP contribution is 2.25. The Balaban J connectivity index is 1.77. The van der Waals surface area contributed by atoms with Gasteiger partial charge in [0.1, 0.15) is 5.82 Å². The molecule has 1 saturated heterocycles. The van der Waals surface area contributed by atoms with Gasteiger partial charge in [0, 0.05) is 35.4 Å². The molecule has 1 amide bonds. The monoisotopic (exact) mass is 346 g/mol. The predicted molar refractivity (Wildman–Crippen MR) is 94.8 cm³/mol. The summed E-state index contributed by atoms with van der Waals surface area (Å²) in [5.41, 5.74) is 2.48. The normalized spacial score (nSPS) is 18.9. The third-order valence-electron chi connectivity index (χ3n) is 4.45. The molecule has 0 aliphatic carbocycles. The Morgan fingerprint density at radius 1 is 1.25 bits per heavy atom. The van der Waals surface area contributed by atoms with Crippen molar-refractivity contribution in [2.24, 2.45) is 0 Å². The molecule has 1 heterocycles. The molecular formula is C19H20ClFN2O. The van der Waals surface area contributed by atoms with Crippen LogP contribution in [0.2, 0.25) is 5.02 Å². The molecule has 3 rings (SSSR count). The number of benzene rings is 2. The largest absolute Gasteiger partial charge is 0.310 e. The summed E-state index contributed by atoms with van der Waals surface area (Å²) in [4.78, 5) is 16.4. The Kier molecular flexibility index (Phi) is 4.88. The molecule has 1 fully saturated rings. The van der Waals surface area contributed by atoms with Crippen molar-refractivity contribution in [2.45, 2.75) is 26.4 Å². The van der Waals surface area contributed by atoms with Gasteiger partial charge in [-0.1, -0.05) is 29.8 Å². The minimum Gasteiger partial charge on any atom is -0.310 e. The third kappa shape index (κ3) is 3.45. The lowest BCUT2D eigenvalue weighted by Gasteiger charge is -2.39. The zero-order valence-electron chi connectivity index (χ0n) is 13.8. The van der Waals surface area contributed by atoms with Gasteiger partial charge in [0.25, 0.3) is 0 Å². The second-order valence-corrected chi connectivity index (χ2v) is 6.70. The standard InChI is InChI=1S/C19H20ClFN2O/c1-13-5-3-6-15(9-13)23-10-14(2)22(12-19(23)24)11-16-17(20)7-4-8-18(16)21/h3-9,14H,10-12H2,1-2H3. The predicted octanol–water partition coefficient (Wildman–Crippen LogP) is 4.02. The first-order valence-electron chi connectivity index (χ1n) is 7.99. The maximum atomic E-state index is 14.0. The van der Waals surface area contributed by atoms with Gasteiger partial charge in [-0.15, -0.1) is 0 Å². The van der Waals surface area contributed by atoms with Crippen LogP contribution < -0.4 is 4.90 Å². The van der Waals surface area contributed by atoms with Gasteiger partial charge in [-0.2, -0.15) is 0 Å². The van der Waals surface area contributed by atoms with Crippen molar-refractivity contribution >= 4 is 23.2 Å². The molecule has 0 aromatic heterocycles. The molecule has 5 heteroatoms. The number of aryl methyl sites for hydroxylation is 1. The van der Waals surface area contributed by atoms with E-state index in [4.69, 9.17) is 11.6 Å². The molecule has 1 aliphatic rings. The lowest BCUT2D eigenvalue weighted by Crippen LogP contribution is -2.55. The summed E-state index contributed by atoms with van der Waals surface area (Å²) in [6.45, 7) is 5.21. The number of piperazine rings is 1. The van der Waals surface area contributed by atoms with Crippen LogP contribution in [0.25, 0.3) is 0 Å². The van der Waals surface area contributed by atoms with E-state index in [-0.39, 0.29) is 24.3 Å². The van der Waals surface area contributed by atoms with Gasteiger partial charge in [0.05, 0.1) is 6.54 Å². The van der Waals surface area contributed by atoms with E-state index < -0.39 is 0 Å². The average molecular weight is 347 g/mol. The molecule has 0 spiro atoms. The summed E-state index contributed by atoms with van der Waals surface area (Å²) in [5.74, 6) is -0.311. The summed E-state index contributed by atoms with van der Waals surface area (Å²) in [7, 11) is 0. The van der Waals surface area contributed by atoms with Gasteiger partial charge in [-0.3, -0.25) is 9.69 Å². The first-order chi connectivity index (χ1) is 11.5. The molecule has 24 heavy (non-hydrogen) atoms. The van der Waals surface area contributed by atoms with E-state index in [0.29, 0.717) is 23.7 Å². The summed E-state index contributed by atoms with van der Waals surface area (Å²) < 4.78 is 14.0. The van der Waals surface area contributed by atoms with Gasteiger partial charge in [-0.05, 0) is 43.7 Å². The molecule has 1 aliphatic heterocycles. The van der Waals surface area contributed by atoms with Crippen molar-refractivity contribution in [3.05, 3.63) is 64.4 Å². The van der Waals surface area contributed by atoms with Crippen LogP contribution in [0.1, 0.15) is 18.1 Å². The fraction of sp³-hybridized carbons (Fsp3) is 0.316. The van der Waals surface area contributed by atoms with Crippen LogP contribution in [-0.4, -0.2) is 29.9 Å². The molecule has 0 N–H and O–H groups in total. The van der Waals surface area contributed by atoms with E-state index in [1.165, 1.54) is 6.07 Å². The van der Waals surface area contributed by atoms with Crippen LogP contribution in [0.3, 0.4) is 0 Å². The summed E-state index contributed by atoms with van der Waals surface area (Å²) in [5, 5.41) is 0.399. The molecule has 1 atom stereocenters. The minimum atomic E-state index is -0.330.